The van der Waals surface area contributed by atoms with Gasteiger partial charge in [0.15, 0.2) is 0 Å². The van der Waals surface area contributed by atoms with E-state index in [2.05, 4.69) is 16.8 Å². The van der Waals surface area contributed by atoms with Crippen LogP contribution in [0.25, 0.3) is 0 Å². The van der Waals surface area contributed by atoms with Crippen molar-refractivity contribution >= 4 is 11.7 Å². The lowest BCUT2D eigenvalue weighted by Gasteiger charge is -2.33. The monoisotopic (exact) mass is 246 g/mol. The zero-order valence-electron chi connectivity index (χ0n) is 11.5. The highest BCUT2D eigenvalue weighted by atomic mass is 15.2. The Hall–Kier alpha value is -1.58. The zero-order chi connectivity index (χ0) is 13.3. The Labute approximate surface area is 109 Å². The van der Waals surface area contributed by atoms with Crippen LogP contribution in [0.1, 0.15) is 36.6 Å². The van der Waals surface area contributed by atoms with Gasteiger partial charge < -0.3 is 10.6 Å². The molecule has 0 bridgehead atoms. The number of nitrogens with zero attached hydrogens (tertiary/aromatic N) is 2. The molecule has 2 rings (SSSR count). The van der Waals surface area contributed by atoms with Crippen molar-refractivity contribution in [1.29, 1.82) is 5.41 Å². The van der Waals surface area contributed by atoms with E-state index in [1.54, 1.807) is 0 Å². The van der Waals surface area contributed by atoms with Gasteiger partial charge in [0.25, 0.3) is 0 Å². The summed E-state index contributed by atoms with van der Waals surface area (Å²) < 4.78 is 0. The van der Waals surface area contributed by atoms with Crippen molar-refractivity contribution in [2.75, 3.05) is 18.0 Å². The number of anilines is 1. The average molecular weight is 246 g/mol. The van der Waals surface area contributed by atoms with Crippen LogP contribution in [0.5, 0.6) is 0 Å². The van der Waals surface area contributed by atoms with Gasteiger partial charge in [-0.05, 0) is 44.2 Å². The van der Waals surface area contributed by atoms with E-state index < -0.39 is 0 Å². The highest BCUT2D eigenvalue weighted by Gasteiger charge is 2.21. The Kier molecular flexibility index (Phi) is 3.55. The van der Waals surface area contributed by atoms with Crippen LogP contribution >= 0.6 is 0 Å². The predicted octanol–water partition coefficient (Wildman–Crippen LogP) is 2.22. The number of nitrogens with two attached hydrogens (primary N) is 1. The first kappa shape index (κ1) is 12.9. The molecule has 98 valence electrons. The van der Waals surface area contributed by atoms with Crippen molar-refractivity contribution in [1.82, 2.24) is 4.98 Å². The minimum absolute atomic E-state index is 0.119. The van der Waals surface area contributed by atoms with Gasteiger partial charge in [-0.1, -0.05) is 6.92 Å². The summed E-state index contributed by atoms with van der Waals surface area (Å²) in [6.45, 7) is 8.31. The van der Waals surface area contributed by atoms with Crippen LogP contribution in [0.4, 0.5) is 5.82 Å². The van der Waals surface area contributed by atoms with Crippen LogP contribution in [-0.2, 0) is 0 Å². The van der Waals surface area contributed by atoms with Gasteiger partial charge in [0, 0.05) is 18.8 Å². The van der Waals surface area contributed by atoms with Crippen LogP contribution in [-0.4, -0.2) is 23.9 Å². The van der Waals surface area contributed by atoms with Crippen molar-refractivity contribution in [2.24, 2.45) is 11.7 Å². The summed E-state index contributed by atoms with van der Waals surface area (Å²) >= 11 is 0. The van der Waals surface area contributed by atoms with Gasteiger partial charge in [-0.3, -0.25) is 5.41 Å². The molecule has 0 atom stereocenters. The minimum atomic E-state index is 0.119. The molecule has 0 saturated carbocycles. The molecule has 1 fully saturated rings. The molecule has 4 nitrogen and oxygen atoms in total. The third-order valence-corrected chi connectivity index (χ3v) is 3.68. The van der Waals surface area contributed by atoms with Crippen LogP contribution in [0.3, 0.4) is 0 Å². The number of hydrogen-bond acceptors (Lipinski definition) is 3. The van der Waals surface area contributed by atoms with E-state index >= 15 is 0 Å². The topological polar surface area (TPSA) is 66.0 Å². The maximum atomic E-state index is 7.76. The fourth-order valence-corrected chi connectivity index (χ4v) is 2.60. The fourth-order valence-electron chi connectivity index (χ4n) is 2.60. The molecule has 0 spiro atoms. The van der Waals surface area contributed by atoms with Crippen LogP contribution < -0.4 is 10.6 Å². The number of hydrogen-bond donors (Lipinski definition) is 2. The summed E-state index contributed by atoms with van der Waals surface area (Å²) in [6.07, 6.45) is 2.37. The molecule has 1 aliphatic rings. The van der Waals surface area contributed by atoms with Crippen LogP contribution in [0.15, 0.2) is 6.07 Å². The van der Waals surface area contributed by atoms with Crippen molar-refractivity contribution in [3.8, 4) is 0 Å². The zero-order valence-corrected chi connectivity index (χ0v) is 11.5. The van der Waals surface area contributed by atoms with E-state index in [1.165, 1.54) is 12.8 Å². The molecule has 1 aromatic heterocycles. The van der Waals surface area contributed by atoms with Crippen LogP contribution in [0.2, 0.25) is 0 Å². The van der Waals surface area contributed by atoms with E-state index in [-0.39, 0.29) is 5.84 Å². The summed E-state index contributed by atoms with van der Waals surface area (Å²) in [4.78, 5) is 6.88. The maximum Gasteiger partial charge on any atom is 0.140 e. The second-order valence-corrected chi connectivity index (χ2v) is 5.36. The second kappa shape index (κ2) is 4.96. The summed E-state index contributed by atoms with van der Waals surface area (Å²) in [5, 5.41) is 7.76. The average Bonchev–Trinajstić information content (AvgIpc) is 2.28. The molecule has 0 aliphatic carbocycles. The van der Waals surface area contributed by atoms with Crippen molar-refractivity contribution in [2.45, 2.75) is 33.6 Å². The van der Waals surface area contributed by atoms with E-state index in [0.29, 0.717) is 0 Å². The number of nitrogen functional groups attached to an aromatic ring is 1. The minimum Gasteiger partial charge on any atom is -0.384 e. The molecule has 2 heterocycles. The molecule has 4 heteroatoms. The molecule has 0 radical (unpaired) electrons. The highest BCUT2D eigenvalue weighted by Crippen LogP contribution is 2.26. The number of piperidine rings is 1. The van der Waals surface area contributed by atoms with Crippen LogP contribution in [0, 0.1) is 25.2 Å². The molecule has 0 amide bonds. The Bertz CT molecular complexity index is 459. The molecule has 1 saturated heterocycles. The summed E-state index contributed by atoms with van der Waals surface area (Å²) in [5.74, 6) is 1.80. The number of pyridine rings is 1. The lowest BCUT2D eigenvalue weighted by Crippen LogP contribution is -2.35. The Morgan fingerprint density at radius 2 is 2.00 bits per heavy atom. The normalized spacial score (nSPS) is 16.9. The van der Waals surface area contributed by atoms with E-state index in [0.717, 1.165) is 41.6 Å². The summed E-state index contributed by atoms with van der Waals surface area (Å²) in [5.41, 5.74) is 8.55. The lowest BCUT2D eigenvalue weighted by molar-refractivity contribution is 0.436. The Morgan fingerprint density at radius 1 is 1.39 bits per heavy atom. The lowest BCUT2D eigenvalue weighted by atomic mass is 9.98. The number of nitrogens with one attached hydrogen (secondary N) is 1. The Balaban J connectivity index is 2.39. The smallest absolute Gasteiger partial charge is 0.140 e. The molecule has 3 N–H and O–H groups in total. The van der Waals surface area contributed by atoms with E-state index in [9.17, 15) is 0 Å². The first-order valence-corrected chi connectivity index (χ1v) is 6.56. The Morgan fingerprint density at radius 3 is 2.56 bits per heavy atom. The SMILES string of the molecule is Cc1cc(C)c(C(=N)N)c(N2CCC(C)CC2)n1. The maximum absolute atomic E-state index is 7.76. The van der Waals surface area contributed by atoms with E-state index in [1.807, 2.05) is 19.9 Å². The number of rotatable bonds is 2. The molecule has 18 heavy (non-hydrogen) atoms. The van der Waals surface area contributed by atoms with Gasteiger partial charge in [-0.25, -0.2) is 4.98 Å². The quantitative estimate of drug-likeness (QED) is 0.621. The number of aryl methyl sites for hydroxylation is 2. The largest absolute Gasteiger partial charge is 0.384 e. The summed E-state index contributed by atoms with van der Waals surface area (Å²) in [6, 6.07) is 1.99. The van der Waals surface area contributed by atoms with Crippen molar-refractivity contribution in [3.05, 3.63) is 22.9 Å². The molecular weight excluding hydrogens is 224 g/mol. The van der Waals surface area contributed by atoms with Gasteiger partial charge in [0.2, 0.25) is 0 Å². The standard InChI is InChI=1S/C14H22N4/c1-9-4-6-18(7-5-9)14-12(13(15)16)10(2)8-11(3)17-14/h8-9H,4-7H2,1-3H3,(H3,15,16). The van der Waals surface area contributed by atoms with Crippen molar-refractivity contribution < 1.29 is 0 Å². The van der Waals surface area contributed by atoms with Gasteiger partial charge in [-0.15, -0.1) is 0 Å². The van der Waals surface area contributed by atoms with Gasteiger partial charge in [0.1, 0.15) is 11.7 Å². The summed E-state index contributed by atoms with van der Waals surface area (Å²) in [7, 11) is 0. The van der Waals surface area contributed by atoms with Crippen molar-refractivity contribution in [3.63, 3.8) is 0 Å². The molecule has 1 aliphatic heterocycles. The third-order valence-electron chi connectivity index (χ3n) is 3.68. The first-order chi connectivity index (χ1) is 8.49. The molecule has 0 aromatic carbocycles. The first-order valence-electron chi connectivity index (χ1n) is 6.56. The third kappa shape index (κ3) is 2.47. The van der Waals surface area contributed by atoms with Gasteiger partial charge >= 0.3 is 0 Å². The van der Waals surface area contributed by atoms with Gasteiger partial charge in [0.05, 0.1) is 5.56 Å². The fraction of sp³-hybridized carbons (Fsp3) is 0.571. The van der Waals surface area contributed by atoms with Gasteiger partial charge in [-0.2, -0.15) is 0 Å². The predicted molar refractivity (Wildman–Crippen MR) is 75.3 cm³/mol. The molecule has 0 unspecified atom stereocenters. The number of aromatic nitrogens is 1. The van der Waals surface area contributed by atoms with E-state index in [4.69, 9.17) is 11.1 Å². The molecule has 1 aromatic rings. The number of amidine groups is 1. The molecular formula is C14H22N4. The highest BCUT2D eigenvalue weighted by molar-refractivity contribution is 6.01. The second-order valence-electron chi connectivity index (χ2n) is 5.36.